The summed E-state index contributed by atoms with van der Waals surface area (Å²) in [5.74, 6) is 4.35. The van der Waals surface area contributed by atoms with Crippen LogP contribution >= 0.6 is 0 Å². The number of fused-ring (bicyclic) bond motifs is 9. The second kappa shape index (κ2) is 17.1. The molecule has 0 aromatic carbocycles. The molecule has 26 atom stereocenters. The van der Waals surface area contributed by atoms with Crippen LogP contribution in [-0.2, 0) is 28.4 Å². The quantitative estimate of drug-likeness (QED) is 0.148. The van der Waals surface area contributed by atoms with Gasteiger partial charge in [-0.15, -0.1) is 0 Å². The van der Waals surface area contributed by atoms with Gasteiger partial charge in [0.1, 0.15) is 67.1 Å². The van der Waals surface area contributed by atoms with Crippen molar-refractivity contribution in [2.24, 2.45) is 46.3 Å². The van der Waals surface area contributed by atoms with E-state index in [2.05, 4.69) is 38.7 Å². The lowest BCUT2D eigenvalue weighted by molar-refractivity contribution is -0.363. The highest BCUT2D eigenvalue weighted by molar-refractivity contribution is 5.27. The zero-order valence-corrected chi connectivity index (χ0v) is 36.3. The van der Waals surface area contributed by atoms with Crippen LogP contribution in [0.1, 0.15) is 92.4 Å². The molecule has 0 amide bonds. The monoisotopic (exact) mass is 867 g/mol. The van der Waals surface area contributed by atoms with Crippen molar-refractivity contribution in [2.45, 2.75) is 203 Å². The molecule has 5 heterocycles. The minimum Gasteiger partial charge on any atom is -0.394 e. The Morgan fingerprint density at radius 2 is 1.39 bits per heavy atom. The van der Waals surface area contributed by atoms with Gasteiger partial charge >= 0.3 is 0 Å². The molecule has 9 rings (SSSR count). The van der Waals surface area contributed by atoms with Crippen molar-refractivity contribution < 1.29 is 74.4 Å². The Bertz CT molecular complexity index is 1590. The Labute approximate surface area is 359 Å². The molecule has 16 heteroatoms. The van der Waals surface area contributed by atoms with Gasteiger partial charge in [0.2, 0.25) is 0 Å². The van der Waals surface area contributed by atoms with E-state index in [1.807, 2.05) is 0 Å². The number of rotatable bonds is 8. The number of ether oxygens (including phenoxy) is 6. The summed E-state index contributed by atoms with van der Waals surface area (Å²) in [4.78, 5) is 2.95. The van der Waals surface area contributed by atoms with Gasteiger partial charge in [-0.1, -0.05) is 39.3 Å². The third kappa shape index (κ3) is 7.52. The lowest BCUT2D eigenvalue weighted by Crippen LogP contribution is -2.64. The highest BCUT2D eigenvalue weighted by atomic mass is 16.8. The molecule has 5 saturated heterocycles. The Morgan fingerprint density at radius 3 is 2.13 bits per heavy atom. The van der Waals surface area contributed by atoms with Crippen molar-refractivity contribution in [1.29, 1.82) is 0 Å². The standard InChI is InChI=1S/C45H73NO15/c1-19-6-9-27-20(2)31-28(46(27)16-19)15-26-24-8-7-22-14-23(10-12-44(22,4)25(24)11-13-45(26,31)5)58-43-38(54)35(51)33(49)30(60-43)18-56-41-39(55)36(52)40(29(17-47)59-41)61-42-37(53)34(50)32(48)21(3)57-42/h7,19-21,23-43,47-55H,6,8-18H2,1-5H3/t19-,20-,21+,23-,24+,25-,26+,27-,28+,29+,30+,31+,32+,33+,34-,35-,36+,37+,38+,39+,40+,41+,42-,43+,44-,45-/m1/s1. The minimum atomic E-state index is -1.76. The van der Waals surface area contributed by atoms with E-state index in [1.165, 1.54) is 51.1 Å². The highest BCUT2D eigenvalue weighted by Gasteiger charge is 2.66. The Hall–Kier alpha value is -0.900. The lowest BCUT2D eigenvalue weighted by atomic mass is 9.47. The molecule has 61 heavy (non-hydrogen) atoms. The van der Waals surface area contributed by atoms with Crippen molar-refractivity contribution >= 4 is 0 Å². The molecule has 5 aliphatic heterocycles. The summed E-state index contributed by atoms with van der Waals surface area (Å²) in [5, 5.41) is 95.7. The summed E-state index contributed by atoms with van der Waals surface area (Å²) < 4.78 is 35.1. The van der Waals surface area contributed by atoms with Crippen LogP contribution in [0.2, 0.25) is 0 Å². The molecule has 3 saturated carbocycles. The van der Waals surface area contributed by atoms with E-state index in [0.29, 0.717) is 23.7 Å². The summed E-state index contributed by atoms with van der Waals surface area (Å²) in [6.45, 7) is 11.7. The highest BCUT2D eigenvalue weighted by Crippen LogP contribution is 2.70. The maximum atomic E-state index is 11.1. The second-order valence-corrected chi connectivity index (χ2v) is 21.3. The molecular formula is C45H73NO15. The average molecular weight is 868 g/mol. The molecule has 8 fully saturated rings. The first-order valence-corrected chi connectivity index (χ1v) is 23.4. The van der Waals surface area contributed by atoms with Crippen molar-refractivity contribution in [3.05, 3.63) is 11.6 Å². The Kier molecular flexibility index (Phi) is 12.7. The first kappa shape index (κ1) is 45.3. The van der Waals surface area contributed by atoms with Crippen molar-refractivity contribution in [3.8, 4) is 0 Å². The maximum Gasteiger partial charge on any atom is 0.187 e. The van der Waals surface area contributed by atoms with E-state index in [9.17, 15) is 46.0 Å². The molecule has 0 aromatic heterocycles. The SMILES string of the molecule is C[C@@H]1CC[C@@H]2[C@@H](C)[C@H]3[C@H](C[C@H]4[C@H]5CC=C6C[C@H](O[C@H]7O[C@@H](CO[C@H]8O[C@@H](CO)[C@H](O[C@H]9O[C@@H](C)[C@H](O)[C@@H](O)[C@@H]9O)[C@@H](O)[C@@H]8O)[C@H](O)[C@@H](O)[C@@H]7O)CC[C@@]6(C)[C@@H]5CC[C@@]34C)N2C1. The lowest BCUT2D eigenvalue weighted by Gasteiger charge is -2.58. The zero-order valence-electron chi connectivity index (χ0n) is 36.3. The van der Waals surface area contributed by atoms with Crippen LogP contribution in [0.4, 0.5) is 0 Å². The molecule has 9 aliphatic rings. The topological polar surface area (TPSA) is 241 Å². The molecule has 0 bridgehead atoms. The molecule has 0 unspecified atom stereocenters. The van der Waals surface area contributed by atoms with Crippen LogP contribution < -0.4 is 0 Å². The van der Waals surface area contributed by atoms with Crippen molar-refractivity contribution in [3.63, 3.8) is 0 Å². The first-order valence-electron chi connectivity index (χ1n) is 23.4. The van der Waals surface area contributed by atoms with Gasteiger partial charge in [-0.05, 0) is 111 Å². The predicted octanol–water partition coefficient (Wildman–Crippen LogP) is 0.155. The summed E-state index contributed by atoms with van der Waals surface area (Å²) in [7, 11) is 0. The van der Waals surface area contributed by atoms with Crippen molar-refractivity contribution in [1.82, 2.24) is 4.90 Å². The van der Waals surface area contributed by atoms with Gasteiger partial charge in [0.25, 0.3) is 0 Å². The average Bonchev–Trinajstić information content (AvgIpc) is 3.71. The first-order chi connectivity index (χ1) is 29.0. The van der Waals surface area contributed by atoms with Crippen LogP contribution in [0.3, 0.4) is 0 Å². The van der Waals surface area contributed by atoms with E-state index < -0.39 is 105 Å². The van der Waals surface area contributed by atoms with E-state index in [0.717, 1.165) is 55.0 Å². The maximum absolute atomic E-state index is 11.1. The zero-order chi connectivity index (χ0) is 43.4. The van der Waals surface area contributed by atoms with Crippen LogP contribution in [0, 0.1) is 46.3 Å². The van der Waals surface area contributed by atoms with E-state index in [-0.39, 0.29) is 11.5 Å². The van der Waals surface area contributed by atoms with Gasteiger partial charge in [0.15, 0.2) is 18.9 Å². The molecule has 4 aliphatic carbocycles. The predicted molar refractivity (Wildman–Crippen MR) is 215 cm³/mol. The molecule has 0 radical (unpaired) electrons. The van der Waals surface area contributed by atoms with E-state index in [4.69, 9.17) is 28.4 Å². The largest absolute Gasteiger partial charge is 0.394 e. The number of allylic oxidation sites excluding steroid dienone is 1. The van der Waals surface area contributed by atoms with Gasteiger partial charge < -0.3 is 74.4 Å². The number of aliphatic hydroxyl groups excluding tert-OH is 9. The van der Waals surface area contributed by atoms with Crippen LogP contribution in [0.5, 0.6) is 0 Å². The molecule has 0 spiro atoms. The van der Waals surface area contributed by atoms with Gasteiger partial charge in [-0.2, -0.15) is 0 Å². The smallest absolute Gasteiger partial charge is 0.187 e. The molecule has 16 nitrogen and oxygen atoms in total. The number of hydrogen-bond acceptors (Lipinski definition) is 16. The fraction of sp³-hybridized carbons (Fsp3) is 0.956. The molecule has 9 N–H and O–H groups in total. The normalized spacial score (nSPS) is 57.3. The van der Waals surface area contributed by atoms with E-state index >= 15 is 0 Å². The minimum absolute atomic E-state index is 0.0704. The van der Waals surface area contributed by atoms with E-state index in [1.54, 1.807) is 0 Å². The van der Waals surface area contributed by atoms with Crippen LogP contribution in [-0.4, -0.2) is 181 Å². The fourth-order valence-corrected chi connectivity index (χ4v) is 14.7. The number of aliphatic hydroxyl groups is 9. The Morgan fingerprint density at radius 1 is 0.705 bits per heavy atom. The van der Waals surface area contributed by atoms with Crippen LogP contribution in [0.15, 0.2) is 11.6 Å². The third-order valence-electron chi connectivity index (χ3n) is 18.0. The molecule has 348 valence electrons. The molecule has 0 aromatic rings. The van der Waals surface area contributed by atoms with Gasteiger partial charge in [-0.25, -0.2) is 0 Å². The Balaban J connectivity index is 0.815. The summed E-state index contributed by atoms with van der Waals surface area (Å²) >= 11 is 0. The fourth-order valence-electron chi connectivity index (χ4n) is 14.7. The number of piperidine rings is 1. The molecular weight excluding hydrogens is 794 g/mol. The number of nitrogens with zero attached hydrogens (tertiary/aromatic N) is 1. The van der Waals surface area contributed by atoms with Crippen LogP contribution in [0.25, 0.3) is 0 Å². The third-order valence-corrected chi connectivity index (χ3v) is 18.0. The van der Waals surface area contributed by atoms with Gasteiger partial charge in [0.05, 0.1) is 25.4 Å². The van der Waals surface area contributed by atoms with Crippen molar-refractivity contribution in [2.75, 3.05) is 19.8 Å². The van der Waals surface area contributed by atoms with Gasteiger partial charge in [-0.3, -0.25) is 4.90 Å². The summed E-state index contributed by atoms with van der Waals surface area (Å²) in [6, 6.07) is 1.47. The number of hydrogen-bond donors (Lipinski definition) is 9. The second-order valence-electron chi connectivity index (χ2n) is 21.3. The summed E-state index contributed by atoms with van der Waals surface area (Å²) in [5.41, 5.74) is 1.87. The summed E-state index contributed by atoms with van der Waals surface area (Å²) in [6.07, 6.45) is -9.94. The van der Waals surface area contributed by atoms with Gasteiger partial charge in [0, 0.05) is 18.6 Å².